The molecule has 1 amide bonds. The molecule has 29 heavy (non-hydrogen) atoms. The summed E-state index contributed by atoms with van der Waals surface area (Å²) < 4.78 is 57.4. The number of nitrogens with one attached hydrogen (secondary N) is 1. The lowest BCUT2D eigenvalue weighted by molar-refractivity contribution is -0.140. The van der Waals surface area contributed by atoms with Gasteiger partial charge in [-0.2, -0.15) is 13.2 Å². The Morgan fingerprint density at radius 2 is 1.86 bits per heavy atom. The van der Waals surface area contributed by atoms with Crippen LogP contribution in [0.15, 0.2) is 36.4 Å². The Bertz CT molecular complexity index is 923. The Labute approximate surface area is 165 Å². The summed E-state index contributed by atoms with van der Waals surface area (Å²) in [6, 6.07) is 7.68. The highest BCUT2D eigenvalue weighted by Crippen LogP contribution is 2.34. The molecule has 0 unspecified atom stereocenters. The summed E-state index contributed by atoms with van der Waals surface area (Å²) in [4.78, 5) is 14.4. The van der Waals surface area contributed by atoms with Crippen molar-refractivity contribution < 1.29 is 27.1 Å². The van der Waals surface area contributed by atoms with Crippen LogP contribution < -0.4 is 10.1 Å². The number of ether oxygens (including phenoxy) is 1. The number of hydrogen-bond donors (Lipinski definition) is 1. The smallest absolute Gasteiger partial charge is 0.419 e. The number of halogens is 4. The molecule has 0 bridgehead atoms. The third-order valence-corrected chi connectivity index (χ3v) is 5.34. The Morgan fingerprint density at radius 1 is 1.10 bits per heavy atom. The molecule has 2 aliphatic heterocycles. The molecular weight excluding hydrogens is 388 g/mol. The van der Waals surface area contributed by atoms with Crippen LogP contribution in [0.1, 0.15) is 29.5 Å². The predicted octanol–water partition coefficient (Wildman–Crippen LogP) is 4.27. The van der Waals surface area contributed by atoms with Crippen LogP contribution in [0.2, 0.25) is 0 Å². The maximum absolute atomic E-state index is 13.8. The lowest BCUT2D eigenvalue weighted by Gasteiger charge is -2.31. The molecule has 0 saturated carbocycles. The van der Waals surface area contributed by atoms with Gasteiger partial charge in [0.05, 0.1) is 11.6 Å². The first-order chi connectivity index (χ1) is 13.8. The third kappa shape index (κ3) is 4.22. The minimum atomic E-state index is -4.75. The van der Waals surface area contributed by atoms with Gasteiger partial charge < -0.3 is 15.0 Å². The maximum atomic E-state index is 13.8. The number of benzene rings is 2. The van der Waals surface area contributed by atoms with E-state index < -0.39 is 17.6 Å². The van der Waals surface area contributed by atoms with E-state index in [0.717, 1.165) is 49.1 Å². The van der Waals surface area contributed by atoms with Crippen molar-refractivity contribution in [2.24, 2.45) is 0 Å². The van der Waals surface area contributed by atoms with Gasteiger partial charge in [0.25, 0.3) is 0 Å². The molecular formula is C21H20F4N2O2. The monoisotopic (exact) mass is 408 g/mol. The number of hydrogen-bond acceptors (Lipinski definition) is 3. The van der Waals surface area contributed by atoms with Gasteiger partial charge in [-0.3, -0.25) is 4.79 Å². The molecule has 8 heteroatoms. The van der Waals surface area contributed by atoms with E-state index in [9.17, 15) is 22.4 Å². The fourth-order valence-corrected chi connectivity index (χ4v) is 3.83. The molecule has 0 aliphatic carbocycles. The summed E-state index contributed by atoms with van der Waals surface area (Å²) in [5.41, 5.74) is 0.692. The summed E-state index contributed by atoms with van der Waals surface area (Å²) in [6.45, 7) is 1.95. The lowest BCUT2D eigenvalue weighted by Crippen LogP contribution is -2.45. The molecule has 154 valence electrons. The van der Waals surface area contributed by atoms with Gasteiger partial charge in [0.1, 0.15) is 17.3 Å². The maximum Gasteiger partial charge on any atom is 0.419 e. The molecule has 2 aliphatic rings. The fraction of sp³-hybridized carbons (Fsp3) is 0.381. The van der Waals surface area contributed by atoms with Crippen molar-refractivity contribution in [3.8, 4) is 11.5 Å². The van der Waals surface area contributed by atoms with E-state index in [0.29, 0.717) is 24.9 Å². The van der Waals surface area contributed by atoms with Crippen LogP contribution in [-0.4, -0.2) is 29.9 Å². The summed E-state index contributed by atoms with van der Waals surface area (Å²) in [5.74, 6) is -0.927. The number of carbonyl (C=O) groups excluding carboxylic acids is 1. The van der Waals surface area contributed by atoms with E-state index in [4.69, 9.17) is 4.74 Å². The van der Waals surface area contributed by atoms with Gasteiger partial charge >= 0.3 is 6.18 Å². The van der Waals surface area contributed by atoms with Gasteiger partial charge in [0.15, 0.2) is 0 Å². The number of alkyl halides is 3. The van der Waals surface area contributed by atoms with Crippen LogP contribution in [0.3, 0.4) is 0 Å². The number of nitrogens with zero attached hydrogens (tertiary/aromatic N) is 1. The van der Waals surface area contributed by atoms with Gasteiger partial charge in [-0.25, -0.2) is 4.39 Å². The molecule has 2 aromatic carbocycles. The molecule has 2 aromatic rings. The first-order valence-corrected chi connectivity index (χ1v) is 9.50. The second kappa shape index (κ2) is 7.67. The van der Waals surface area contributed by atoms with E-state index in [1.807, 2.05) is 11.0 Å². The fourth-order valence-electron chi connectivity index (χ4n) is 3.83. The van der Waals surface area contributed by atoms with Crippen LogP contribution in [-0.2, 0) is 23.9 Å². The van der Waals surface area contributed by atoms with Crippen molar-refractivity contribution >= 4 is 5.91 Å². The van der Waals surface area contributed by atoms with E-state index >= 15 is 0 Å². The summed E-state index contributed by atoms with van der Waals surface area (Å²) >= 11 is 0. The van der Waals surface area contributed by atoms with Crippen LogP contribution in [0.5, 0.6) is 11.5 Å². The summed E-state index contributed by atoms with van der Waals surface area (Å²) in [6.07, 6.45) is -2.20. The quantitative estimate of drug-likeness (QED) is 0.772. The van der Waals surface area contributed by atoms with Gasteiger partial charge in [0.2, 0.25) is 5.91 Å². The average molecular weight is 408 g/mol. The molecule has 4 rings (SSSR count). The molecule has 4 nitrogen and oxygen atoms in total. The molecule has 1 fully saturated rings. The Balaban J connectivity index is 1.49. The van der Waals surface area contributed by atoms with E-state index in [2.05, 4.69) is 5.32 Å². The Morgan fingerprint density at radius 3 is 2.55 bits per heavy atom. The standard InChI is InChI=1S/C21H20F4N2O2/c22-18-11-16(5-6-17(18)21(23,24)25)29-15-4-3-13-7-9-27(12-14(13)10-15)20(28)19-2-1-8-26-19/h3-6,10-11,19,26H,1-2,7-9,12H2/t19-/m1/s1. The summed E-state index contributed by atoms with van der Waals surface area (Å²) in [5, 5.41) is 3.21. The van der Waals surface area contributed by atoms with Gasteiger partial charge in [-0.15, -0.1) is 0 Å². The van der Waals surface area contributed by atoms with E-state index in [-0.39, 0.29) is 17.7 Å². The number of fused-ring (bicyclic) bond motifs is 1. The van der Waals surface area contributed by atoms with Crippen molar-refractivity contribution in [2.75, 3.05) is 13.1 Å². The first kappa shape index (κ1) is 19.7. The zero-order chi connectivity index (χ0) is 20.6. The van der Waals surface area contributed by atoms with Crippen LogP contribution in [0, 0.1) is 5.82 Å². The highest BCUT2D eigenvalue weighted by atomic mass is 19.4. The van der Waals surface area contributed by atoms with Gasteiger partial charge in [-0.1, -0.05) is 6.07 Å². The molecule has 0 spiro atoms. The molecule has 0 aromatic heterocycles. The second-order valence-electron chi connectivity index (χ2n) is 7.33. The van der Waals surface area contributed by atoms with Crippen molar-refractivity contribution in [1.82, 2.24) is 10.2 Å². The van der Waals surface area contributed by atoms with Gasteiger partial charge in [0, 0.05) is 19.2 Å². The minimum absolute atomic E-state index is 0.0191. The Kier molecular flexibility index (Phi) is 5.21. The molecule has 1 saturated heterocycles. The minimum Gasteiger partial charge on any atom is -0.457 e. The molecule has 0 radical (unpaired) electrons. The average Bonchev–Trinajstić information content (AvgIpc) is 3.20. The van der Waals surface area contributed by atoms with E-state index in [1.165, 1.54) is 0 Å². The van der Waals surface area contributed by atoms with Crippen molar-refractivity contribution in [3.63, 3.8) is 0 Å². The van der Waals surface area contributed by atoms with Crippen molar-refractivity contribution in [3.05, 3.63) is 58.9 Å². The normalized spacial score (nSPS) is 19.2. The number of rotatable bonds is 3. The zero-order valence-corrected chi connectivity index (χ0v) is 15.6. The number of amides is 1. The van der Waals surface area contributed by atoms with Crippen molar-refractivity contribution in [1.29, 1.82) is 0 Å². The Hall–Kier alpha value is -2.61. The summed E-state index contributed by atoms with van der Waals surface area (Å²) in [7, 11) is 0. The zero-order valence-electron chi connectivity index (χ0n) is 15.6. The molecule has 1 atom stereocenters. The first-order valence-electron chi connectivity index (χ1n) is 9.50. The topological polar surface area (TPSA) is 41.6 Å². The highest BCUT2D eigenvalue weighted by molar-refractivity contribution is 5.82. The van der Waals surface area contributed by atoms with Crippen molar-refractivity contribution in [2.45, 2.75) is 38.0 Å². The van der Waals surface area contributed by atoms with Gasteiger partial charge in [-0.05, 0) is 61.2 Å². The van der Waals surface area contributed by atoms with Crippen LogP contribution in [0.25, 0.3) is 0 Å². The third-order valence-electron chi connectivity index (χ3n) is 5.34. The predicted molar refractivity (Wildman–Crippen MR) is 98.1 cm³/mol. The van der Waals surface area contributed by atoms with E-state index in [1.54, 1.807) is 12.1 Å². The lowest BCUT2D eigenvalue weighted by atomic mass is 9.98. The van der Waals surface area contributed by atoms with Crippen LogP contribution >= 0.6 is 0 Å². The molecule has 2 heterocycles. The second-order valence-corrected chi connectivity index (χ2v) is 7.33. The highest BCUT2D eigenvalue weighted by Gasteiger charge is 2.34. The van der Waals surface area contributed by atoms with Crippen LogP contribution in [0.4, 0.5) is 17.6 Å². The SMILES string of the molecule is O=C([C@H]1CCCN1)N1CCc2ccc(Oc3ccc(C(F)(F)F)c(F)c3)cc2C1. The number of carbonyl (C=O) groups is 1. The molecule has 1 N–H and O–H groups in total. The largest absolute Gasteiger partial charge is 0.457 e.